The molecule has 1 amide bonds. The third-order valence-electron chi connectivity index (χ3n) is 2.62. The molecule has 21 heavy (non-hydrogen) atoms. The number of pyridine rings is 1. The van der Waals surface area contributed by atoms with Crippen molar-refractivity contribution in [2.75, 3.05) is 5.32 Å². The number of aryl methyl sites for hydroxylation is 1. The van der Waals surface area contributed by atoms with Crippen molar-refractivity contribution in [1.29, 1.82) is 0 Å². The molecule has 0 aliphatic rings. The third kappa shape index (κ3) is 4.40. The van der Waals surface area contributed by atoms with E-state index >= 15 is 0 Å². The molecular weight excluding hydrogens is 308 g/mol. The lowest BCUT2D eigenvalue weighted by molar-refractivity contribution is 0.0939. The summed E-state index contributed by atoms with van der Waals surface area (Å²) in [6, 6.07) is 10.5. The van der Waals surface area contributed by atoms with Gasteiger partial charge in [-0.1, -0.05) is 23.7 Å². The van der Waals surface area contributed by atoms with Crippen LogP contribution in [0.4, 0.5) is 5.69 Å². The molecule has 5 nitrogen and oxygen atoms in total. The fraction of sp³-hybridized carbons (Fsp3) is 0.0714. The number of carbonyl (C=O) groups is 1. The lowest BCUT2D eigenvalue weighted by atomic mass is 10.2. The Hall–Kier alpha value is -2.18. The molecule has 0 unspecified atom stereocenters. The molecule has 7 heteroatoms. The van der Waals surface area contributed by atoms with E-state index in [1.54, 1.807) is 30.5 Å². The normalized spacial score (nSPS) is 9.81. The molecular formula is C14H13ClN4OS. The van der Waals surface area contributed by atoms with Crippen LogP contribution in [0.25, 0.3) is 0 Å². The summed E-state index contributed by atoms with van der Waals surface area (Å²) in [5.41, 5.74) is 7.06. The fourth-order valence-electron chi connectivity index (χ4n) is 1.51. The molecule has 0 radical (unpaired) electrons. The second-order valence-corrected chi connectivity index (χ2v) is 5.03. The zero-order valence-electron chi connectivity index (χ0n) is 11.2. The Morgan fingerprint density at radius 1 is 1.24 bits per heavy atom. The second-order valence-electron chi connectivity index (χ2n) is 4.21. The highest BCUT2D eigenvalue weighted by atomic mass is 35.5. The van der Waals surface area contributed by atoms with Crippen LogP contribution in [-0.4, -0.2) is 16.0 Å². The average Bonchev–Trinajstić information content (AvgIpc) is 2.49. The molecule has 0 saturated carbocycles. The maximum atomic E-state index is 11.8. The summed E-state index contributed by atoms with van der Waals surface area (Å²) in [5.74, 6) is -0.373. The quantitative estimate of drug-likeness (QED) is 0.586. The van der Waals surface area contributed by atoms with E-state index in [1.807, 2.05) is 19.1 Å². The van der Waals surface area contributed by atoms with Gasteiger partial charge >= 0.3 is 0 Å². The van der Waals surface area contributed by atoms with Crippen molar-refractivity contribution in [3.63, 3.8) is 0 Å². The highest BCUT2D eigenvalue weighted by Crippen LogP contribution is 2.19. The third-order valence-corrected chi connectivity index (χ3v) is 3.23. The number of hydrogen-bond acceptors (Lipinski definition) is 3. The van der Waals surface area contributed by atoms with Gasteiger partial charge in [-0.15, -0.1) is 0 Å². The van der Waals surface area contributed by atoms with Crippen molar-refractivity contribution >= 4 is 40.5 Å². The van der Waals surface area contributed by atoms with Gasteiger partial charge in [-0.25, -0.2) is 0 Å². The SMILES string of the molecule is Cc1ccc(NC(=S)NNC(=O)c2ccccn2)cc1Cl. The largest absolute Gasteiger partial charge is 0.331 e. The summed E-state index contributed by atoms with van der Waals surface area (Å²) in [6.07, 6.45) is 1.54. The molecule has 0 bridgehead atoms. The Balaban J connectivity index is 1.87. The van der Waals surface area contributed by atoms with E-state index in [2.05, 4.69) is 21.2 Å². The number of aromatic nitrogens is 1. The van der Waals surface area contributed by atoms with E-state index in [0.29, 0.717) is 10.7 Å². The first-order chi connectivity index (χ1) is 10.1. The number of halogens is 1. The van der Waals surface area contributed by atoms with Crippen molar-refractivity contribution in [3.8, 4) is 0 Å². The van der Waals surface area contributed by atoms with E-state index in [-0.39, 0.29) is 11.0 Å². The van der Waals surface area contributed by atoms with Crippen LogP contribution in [0.15, 0.2) is 42.6 Å². The summed E-state index contributed by atoms with van der Waals surface area (Å²) in [4.78, 5) is 15.7. The zero-order chi connectivity index (χ0) is 15.2. The number of carbonyl (C=O) groups excluding carboxylic acids is 1. The Morgan fingerprint density at radius 2 is 2.05 bits per heavy atom. The molecule has 1 heterocycles. The molecule has 1 aromatic carbocycles. The molecule has 0 aliphatic heterocycles. The minimum absolute atomic E-state index is 0.249. The predicted octanol–water partition coefficient (Wildman–Crippen LogP) is 2.67. The van der Waals surface area contributed by atoms with Gasteiger partial charge in [0.25, 0.3) is 5.91 Å². The van der Waals surface area contributed by atoms with Gasteiger partial charge in [-0.05, 0) is 49.0 Å². The molecule has 0 aliphatic carbocycles. The van der Waals surface area contributed by atoms with Crippen LogP contribution in [0.3, 0.4) is 0 Å². The zero-order valence-corrected chi connectivity index (χ0v) is 12.8. The fourth-order valence-corrected chi connectivity index (χ4v) is 1.86. The van der Waals surface area contributed by atoms with Crippen molar-refractivity contribution < 1.29 is 4.79 Å². The van der Waals surface area contributed by atoms with Gasteiger partial charge in [0.05, 0.1) is 0 Å². The molecule has 0 fully saturated rings. The van der Waals surface area contributed by atoms with Crippen LogP contribution < -0.4 is 16.2 Å². The minimum Gasteiger partial charge on any atom is -0.331 e. The monoisotopic (exact) mass is 320 g/mol. The molecule has 2 rings (SSSR count). The minimum atomic E-state index is -0.373. The molecule has 3 N–H and O–H groups in total. The van der Waals surface area contributed by atoms with Gasteiger partial charge in [-0.3, -0.25) is 20.6 Å². The number of hydrazine groups is 1. The number of hydrogen-bond donors (Lipinski definition) is 3. The van der Waals surface area contributed by atoms with Crippen LogP contribution in [0, 0.1) is 6.92 Å². The Morgan fingerprint density at radius 3 is 2.71 bits per heavy atom. The summed E-state index contributed by atoms with van der Waals surface area (Å²) >= 11 is 11.1. The van der Waals surface area contributed by atoms with Gasteiger partial charge < -0.3 is 5.32 Å². The van der Waals surface area contributed by atoms with Crippen molar-refractivity contribution in [3.05, 3.63) is 58.9 Å². The second kappa shape index (κ2) is 7.01. The first-order valence-electron chi connectivity index (χ1n) is 6.11. The van der Waals surface area contributed by atoms with Crippen LogP contribution >= 0.6 is 23.8 Å². The van der Waals surface area contributed by atoms with Crippen LogP contribution in [0.1, 0.15) is 16.1 Å². The highest BCUT2D eigenvalue weighted by molar-refractivity contribution is 7.80. The predicted molar refractivity (Wildman–Crippen MR) is 87.2 cm³/mol. The molecule has 0 spiro atoms. The Labute approximate surface area is 132 Å². The van der Waals surface area contributed by atoms with Crippen molar-refractivity contribution in [2.45, 2.75) is 6.92 Å². The molecule has 2 aromatic rings. The number of benzene rings is 1. The average molecular weight is 321 g/mol. The number of anilines is 1. The van der Waals surface area contributed by atoms with Crippen molar-refractivity contribution in [1.82, 2.24) is 15.8 Å². The van der Waals surface area contributed by atoms with Gasteiger partial charge in [0.1, 0.15) is 5.69 Å². The van der Waals surface area contributed by atoms with E-state index in [9.17, 15) is 4.79 Å². The number of nitrogens with one attached hydrogen (secondary N) is 3. The topological polar surface area (TPSA) is 66.0 Å². The van der Waals surface area contributed by atoms with Gasteiger partial charge in [0.15, 0.2) is 5.11 Å². The summed E-state index contributed by atoms with van der Waals surface area (Å²) in [6.45, 7) is 1.91. The van der Waals surface area contributed by atoms with Gasteiger partial charge in [0, 0.05) is 16.9 Å². The summed E-state index contributed by atoms with van der Waals surface area (Å²) < 4.78 is 0. The van der Waals surface area contributed by atoms with Crippen molar-refractivity contribution in [2.24, 2.45) is 0 Å². The summed E-state index contributed by atoms with van der Waals surface area (Å²) in [5, 5.41) is 3.81. The van der Waals surface area contributed by atoms with Crippen LogP contribution in [-0.2, 0) is 0 Å². The lowest BCUT2D eigenvalue weighted by Gasteiger charge is -2.12. The van der Waals surface area contributed by atoms with E-state index in [1.165, 1.54) is 0 Å². The van der Waals surface area contributed by atoms with E-state index in [0.717, 1.165) is 11.3 Å². The van der Waals surface area contributed by atoms with Gasteiger partial charge in [-0.2, -0.15) is 0 Å². The molecule has 0 atom stereocenters. The standard InChI is InChI=1S/C14H13ClN4OS/c1-9-5-6-10(8-11(9)15)17-14(21)19-18-13(20)12-4-2-3-7-16-12/h2-8H,1H3,(H,18,20)(H2,17,19,21). The molecule has 1 aromatic heterocycles. The number of rotatable bonds is 2. The maximum Gasteiger partial charge on any atom is 0.288 e. The highest BCUT2D eigenvalue weighted by Gasteiger charge is 2.06. The van der Waals surface area contributed by atoms with E-state index < -0.39 is 0 Å². The maximum absolute atomic E-state index is 11.8. The first kappa shape index (κ1) is 15.2. The first-order valence-corrected chi connectivity index (χ1v) is 6.89. The molecule has 108 valence electrons. The number of thiocarbonyl (C=S) groups is 1. The lowest BCUT2D eigenvalue weighted by Crippen LogP contribution is -2.44. The smallest absolute Gasteiger partial charge is 0.288 e. The number of nitrogens with zero attached hydrogens (tertiary/aromatic N) is 1. The van der Waals surface area contributed by atoms with Gasteiger partial charge in [0.2, 0.25) is 0 Å². The van der Waals surface area contributed by atoms with E-state index in [4.69, 9.17) is 23.8 Å². The molecule has 0 saturated heterocycles. The number of amides is 1. The van der Waals surface area contributed by atoms with Crippen LogP contribution in [0.5, 0.6) is 0 Å². The summed E-state index contributed by atoms with van der Waals surface area (Å²) in [7, 11) is 0. The van der Waals surface area contributed by atoms with Crippen LogP contribution in [0.2, 0.25) is 5.02 Å². The Kier molecular flexibility index (Phi) is 5.08. The Bertz CT molecular complexity index is 663.